The molecule has 4 N–H and O–H groups in total. The van der Waals surface area contributed by atoms with Crippen molar-refractivity contribution in [3.63, 3.8) is 0 Å². The predicted molar refractivity (Wildman–Crippen MR) is 119 cm³/mol. The lowest BCUT2D eigenvalue weighted by Crippen LogP contribution is -2.33. The average molecular weight is 481 g/mol. The van der Waals surface area contributed by atoms with Crippen molar-refractivity contribution in [2.45, 2.75) is 37.0 Å². The van der Waals surface area contributed by atoms with Crippen LogP contribution in [0.4, 0.5) is 5.82 Å². The molecule has 6 rings (SSSR count). The third-order valence-electron chi connectivity index (χ3n) is 6.12. The fourth-order valence-corrected chi connectivity index (χ4v) is 4.26. The van der Waals surface area contributed by atoms with Gasteiger partial charge in [0.25, 0.3) is 5.95 Å². The molecule has 2 aliphatic rings. The molecule has 2 fully saturated rings. The summed E-state index contributed by atoms with van der Waals surface area (Å²) in [6.45, 7) is 0.750. The van der Waals surface area contributed by atoms with Crippen LogP contribution in [-0.2, 0) is 9.47 Å². The number of imidazole rings is 1. The van der Waals surface area contributed by atoms with E-state index in [1.807, 2.05) is 0 Å². The van der Waals surface area contributed by atoms with Crippen molar-refractivity contribution >= 4 is 17.0 Å². The molecule has 4 unspecified atom stereocenters. The molecule has 2 saturated heterocycles. The highest BCUT2D eigenvalue weighted by Gasteiger charge is 2.44. The van der Waals surface area contributed by atoms with E-state index in [4.69, 9.17) is 9.47 Å². The van der Waals surface area contributed by atoms with Gasteiger partial charge in [0, 0.05) is 30.8 Å². The fourth-order valence-electron chi connectivity index (χ4n) is 4.26. The van der Waals surface area contributed by atoms with E-state index < -0.39 is 31.1 Å². The van der Waals surface area contributed by atoms with Gasteiger partial charge in [-0.1, -0.05) is 0 Å². The Hall–Kier alpha value is -3.56. The standard InChI is InChI=1S/C21H23N9O5/c31-8-14-16(32)17(33)20(35-14)29-10-24-15-18(26-12-1-4-34-9-12)27-21(28-19(15)29)30-7-11(5-25-30)13-6-22-2-3-23-13/h2-3,5-7,10,12,14,16-17,20,31-33H,1,4,8-9H2,(H,26,27,28)/t12-,14?,16?,17?,20?/m1/s1. The summed E-state index contributed by atoms with van der Waals surface area (Å²) in [5.41, 5.74) is 2.21. The van der Waals surface area contributed by atoms with Crippen LogP contribution in [0.3, 0.4) is 0 Å². The van der Waals surface area contributed by atoms with E-state index in [9.17, 15) is 15.3 Å². The molecule has 0 bridgehead atoms. The van der Waals surface area contributed by atoms with Gasteiger partial charge in [0.1, 0.15) is 18.3 Å². The highest BCUT2D eigenvalue weighted by Crippen LogP contribution is 2.33. The quantitative estimate of drug-likeness (QED) is 0.272. The first-order valence-corrected chi connectivity index (χ1v) is 11.1. The van der Waals surface area contributed by atoms with Crippen molar-refractivity contribution in [2.24, 2.45) is 0 Å². The second-order valence-electron chi connectivity index (χ2n) is 8.39. The molecule has 4 aromatic heterocycles. The number of hydrogen-bond acceptors (Lipinski definition) is 12. The molecule has 14 nitrogen and oxygen atoms in total. The lowest BCUT2D eigenvalue weighted by Gasteiger charge is -2.17. The molecule has 0 saturated carbocycles. The molecule has 14 heteroatoms. The highest BCUT2D eigenvalue weighted by molar-refractivity contribution is 5.84. The summed E-state index contributed by atoms with van der Waals surface area (Å²) < 4.78 is 14.2. The van der Waals surface area contributed by atoms with Crippen LogP contribution in [0.25, 0.3) is 28.4 Å². The smallest absolute Gasteiger partial charge is 0.254 e. The van der Waals surface area contributed by atoms with Crippen LogP contribution in [-0.4, -0.2) is 98.8 Å². The lowest BCUT2D eigenvalue weighted by molar-refractivity contribution is -0.0511. The van der Waals surface area contributed by atoms with Gasteiger partial charge in [-0.05, 0) is 6.42 Å². The number of rotatable bonds is 6. The summed E-state index contributed by atoms with van der Waals surface area (Å²) in [6.07, 6.45) is 6.02. The molecule has 2 aliphatic heterocycles. The van der Waals surface area contributed by atoms with Crippen LogP contribution < -0.4 is 5.32 Å². The van der Waals surface area contributed by atoms with E-state index in [2.05, 4.69) is 35.3 Å². The first-order chi connectivity index (χ1) is 17.1. The molecule has 0 aliphatic carbocycles. The number of anilines is 1. The van der Waals surface area contributed by atoms with E-state index in [1.54, 1.807) is 31.0 Å². The van der Waals surface area contributed by atoms with Gasteiger partial charge in [0.05, 0.1) is 43.7 Å². The lowest BCUT2D eigenvalue weighted by atomic mass is 10.1. The van der Waals surface area contributed by atoms with Crippen molar-refractivity contribution in [3.8, 4) is 17.2 Å². The van der Waals surface area contributed by atoms with Crippen LogP contribution >= 0.6 is 0 Å². The number of aromatic nitrogens is 8. The maximum atomic E-state index is 10.6. The SMILES string of the molecule is OCC1OC(n2cnc3c(N[C@@H]4CCOC4)nc(-n4cc(-c5cnccn5)cn4)nc32)C(O)C1O. The van der Waals surface area contributed by atoms with Gasteiger partial charge >= 0.3 is 0 Å². The number of hydrogen-bond donors (Lipinski definition) is 4. The fraction of sp³-hybridized carbons (Fsp3) is 0.429. The highest BCUT2D eigenvalue weighted by atomic mass is 16.6. The van der Waals surface area contributed by atoms with Crippen molar-refractivity contribution in [1.29, 1.82) is 0 Å². The molecule has 5 atom stereocenters. The van der Waals surface area contributed by atoms with Crippen LogP contribution in [0.15, 0.2) is 37.3 Å². The minimum atomic E-state index is -1.28. The van der Waals surface area contributed by atoms with E-state index in [-0.39, 0.29) is 12.0 Å². The number of ether oxygens (including phenoxy) is 2. The van der Waals surface area contributed by atoms with Crippen molar-refractivity contribution in [2.75, 3.05) is 25.1 Å². The summed E-state index contributed by atoms with van der Waals surface area (Å²) in [6, 6.07) is 0.0489. The zero-order valence-electron chi connectivity index (χ0n) is 18.4. The average Bonchev–Trinajstić information content (AvgIpc) is 3.68. The third-order valence-corrected chi connectivity index (χ3v) is 6.12. The molecule has 35 heavy (non-hydrogen) atoms. The number of aliphatic hydroxyl groups excluding tert-OH is 3. The summed E-state index contributed by atoms with van der Waals surface area (Å²) in [4.78, 5) is 22.2. The molecule has 0 radical (unpaired) electrons. The number of aliphatic hydroxyl groups is 3. The molecule has 0 aromatic carbocycles. The molecule has 182 valence electrons. The molecule has 0 spiro atoms. The molecular weight excluding hydrogens is 458 g/mol. The van der Waals surface area contributed by atoms with Crippen molar-refractivity contribution in [1.82, 2.24) is 39.3 Å². The molecule has 0 amide bonds. The van der Waals surface area contributed by atoms with Gasteiger partial charge < -0.3 is 30.1 Å². The summed E-state index contributed by atoms with van der Waals surface area (Å²) in [5, 5.41) is 38.0. The van der Waals surface area contributed by atoms with Gasteiger partial charge in [0.15, 0.2) is 23.2 Å². The van der Waals surface area contributed by atoms with Crippen LogP contribution in [0, 0.1) is 0 Å². The van der Waals surface area contributed by atoms with Crippen molar-refractivity contribution in [3.05, 3.63) is 37.3 Å². The maximum absolute atomic E-state index is 10.6. The summed E-state index contributed by atoms with van der Waals surface area (Å²) in [7, 11) is 0. The zero-order valence-corrected chi connectivity index (χ0v) is 18.4. The zero-order chi connectivity index (χ0) is 23.9. The van der Waals surface area contributed by atoms with Gasteiger partial charge in [-0.2, -0.15) is 15.1 Å². The Balaban J connectivity index is 1.44. The largest absolute Gasteiger partial charge is 0.394 e. The van der Waals surface area contributed by atoms with Gasteiger partial charge in [-0.15, -0.1) is 0 Å². The van der Waals surface area contributed by atoms with E-state index in [1.165, 1.54) is 15.6 Å². The Morgan fingerprint density at radius 2 is 2.03 bits per heavy atom. The normalized spacial score (nSPS) is 26.5. The van der Waals surface area contributed by atoms with Gasteiger partial charge in [-0.25, -0.2) is 9.67 Å². The van der Waals surface area contributed by atoms with E-state index >= 15 is 0 Å². The number of fused-ring (bicyclic) bond motifs is 1. The Morgan fingerprint density at radius 1 is 1.11 bits per heavy atom. The number of nitrogens with one attached hydrogen (secondary N) is 1. The van der Waals surface area contributed by atoms with Crippen LogP contribution in [0.2, 0.25) is 0 Å². The van der Waals surface area contributed by atoms with E-state index in [0.717, 1.165) is 12.0 Å². The Labute approximate surface area is 198 Å². The maximum Gasteiger partial charge on any atom is 0.254 e. The Morgan fingerprint density at radius 3 is 2.77 bits per heavy atom. The van der Waals surface area contributed by atoms with Crippen LogP contribution in [0.1, 0.15) is 12.6 Å². The van der Waals surface area contributed by atoms with Crippen LogP contribution in [0.5, 0.6) is 0 Å². The van der Waals surface area contributed by atoms with Crippen molar-refractivity contribution < 1.29 is 24.8 Å². The summed E-state index contributed by atoms with van der Waals surface area (Å²) in [5.74, 6) is 0.727. The Bertz CT molecular complexity index is 1320. The van der Waals surface area contributed by atoms with Gasteiger partial charge in [-0.3, -0.25) is 14.5 Å². The first kappa shape index (κ1) is 21.9. The molecule has 6 heterocycles. The summed E-state index contributed by atoms with van der Waals surface area (Å²) >= 11 is 0. The monoisotopic (exact) mass is 481 g/mol. The van der Waals surface area contributed by atoms with Gasteiger partial charge in [0.2, 0.25) is 0 Å². The third kappa shape index (κ3) is 3.90. The Kier molecular flexibility index (Phi) is 5.58. The predicted octanol–water partition coefficient (Wildman–Crippen LogP) is -0.719. The molecular formula is C21H23N9O5. The topological polar surface area (TPSA) is 178 Å². The first-order valence-electron chi connectivity index (χ1n) is 11.1. The molecule has 4 aromatic rings. The minimum Gasteiger partial charge on any atom is -0.394 e. The second kappa shape index (κ2) is 8.90. The van der Waals surface area contributed by atoms with E-state index in [0.29, 0.717) is 35.9 Å². The second-order valence-corrected chi connectivity index (χ2v) is 8.39. The number of nitrogens with zero attached hydrogens (tertiary/aromatic N) is 8. The minimum absolute atomic E-state index is 0.0489.